The highest BCUT2D eigenvalue weighted by Crippen LogP contribution is 2.41. The average Bonchev–Trinajstić information content (AvgIpc) is 3.43. The van der Waals surface area contributed by atoms with Crippen molar-refractivity contribution in [2.24, 2.45) is 5.92 Å². The van der Waals surface area contributed by atoms with Crippen molar-refractivity contribution in [1.29, 1.82) is 0 Å². The molecule has 0 radical (unpaired) electrons. The molecular formula is C20H26BrN5OS. The first kappa shape index (κ1) is 19.8. The second-order valence-corrected chi connectivity index (χ2v) is 9.65. The van der Waals surface area contributed by atoms with Crippen LogP contribution < -0.4 is 10.2 Å². The topological polar surface area (TPSA) is 63.1 Å². The summed E-state index contributed by atoms with van der Waals surface area (Å²) in [4.78, 5) is 14.8. The summed E-state index contributed by atoms with van der Waals surface area (Å²) >= 11 is 4.96. The number of nitrogens with one attached hydrogen (secondary N) is 1. The summed E-state index contributed by atoms with van der Waals surface area (Å²) in [5.41, 5.74) is 1.91. The van der Waals surface area contributed by atoms with Gasteiger partial charge in [0.25, 0.3) is 0 Å². The first-order valence-electron chi connectivity index (χ1n) is 9.90. The van der Waals surface area contributed by atoms with Crippen LogP contribution in [0.2, 0.25) is 0 Å². The molecule has 8 heteroatoms. The Morgan fingerprint density at radius 2 is 2.00 bits per heavy atom. The van der Waals surface area contributed by atoms with Crippen molar-refractivity contribution >= 4 is 45.2 Å². The van der Waals surface area contributed by atoms with Crippen molar-refractivity contribution in [2.75, 3.05) is 29.1 Å². The maximum atomic E-state index is 12.4. The number of aromatic nitrogens is 3. The van der Waals surface area contributed by atoms with E-state index in [4.69, 9.17) is 0 Å². The van der Waals surface area contributed by atoms with Gasteiger partial charge in [-0.2, -0.15) is 0 Å². The zero-order valence-corrected chi connectivity index (χ0v) is 18.7. The van der Waals surface area contributed by atoms with Crippen molar-refractivity contribution in [3.63, 3.8) is 0 Å². The standard InChI is InChI=1S/C20H26BrN5OS/c1-13-7-9-25(10-8-13)19-23-24-20(26(19)16-4-5-16)28-12-18(27)22-15-3-6-17(21)14(2)11-15/h3,6,11,13,16H,4-5,7-10,12H2,1-2H3,(H,22,27). The molecule has 1 amide bonds. The molecule has 0 atom stereocenters. The lowest BCUT2D eigenvalue weighted by molar-refractivity contribution is -0.113. The molecule has 2 aromatic rings. The van der Waals surface area contributed by atoms with Crippen LogP contribution in [0.1, 0.15) is 44.2 Å². The zero-order valence-electron chi connectivity index (χ0n) is 16.3. The lowest BCUT2D eigenvalue weighted by atomic mass is 10.00. The van der Waals surface area contributed by atoms with E-state index in [1.54, 1.807) is 0 Å². The number of thioether (sulfide) groups is 1. The first-order valence-corrected chi connectivity index (χ1v) is 11.7. The van der Waals surface area contributed by atoms with E-state index in [0.29, 0.717) is 11.8 Å². The highest BCUT2D eigenvalue weighted by molar-refractivity contribution is 9.10. The van der Waals surface area contributed by atoms with Gasteiger partial charge in [0.05, 0.1) is 5.75 Å². The monoisotopic (exact) mass is 463 g/mol. The normalized spacial score (nSPS) is 17.8. The molecular weight excluding hydrogens is 438 g/mol. The predicted octanol–water partition coefficient (Wildman–Crippen LogP) is 4.65. The third-order valence-corrected chi connectivity index (χ3v) is 7.23. The van der Waals surface area contributed by atoms with Gasteiger partial charge in [-0.1, -0.05) is 34.6 Å². The third-order valence-electron chi connectivity index (χ3n) is 5.40. The fourth-order valence-corrected chi connectivity index (χ4v) is 4.54. The SMILES string of the molecule is Cc1cc(NC(=O)CSc2nnc(N3CCC(C)CC3)n2C2CC2)ccc1Br. The molecule has 0 bridgehead atoms. The maximum absolute atomic E-state index is 12.4. The molecule has 6 nitrogen and oxygen atoms in total. The van der Waals surface area contributed by atoms with Crippen LogP contribution in [0.15, 0.2) is 27.8 Å². The fraction of sp³-hybridized carbons (Fsp3) is 0.550. The molecule has 1 aromatic carbocycles. The number of nitrogens with zero attached hydrogens (tertiary/aromatic N) is 4. The number of carbonyl (C=O) groups excluding carboxylic acids is 1. The summed E-state index contributed by atoms with van der Waals surface area (Å²) in [5.74, 6) is 2.08. The molecule has 1 saturated heterocycles. The maximum Gasteiger partial charge on any atom is 0.234 e. The van der Waals surface area contributed by atoms with Crippen molar-refractivity contribution in [3.05, 3.63) is 28.2 Å². The number of amides is 1. The molecule has 1 N–H and O–H groups in total. The van der Waals surface area contributed by atoms with Gasteiger partial charge >= 0.3 is 0 Å². The van der Waals surface area contributed by atoms with E-state index in [0.717, 1.165) is 45.8 Å². The minimum absolute atomic E-state index is 0.0228. The van der Waals surface area contributed by atoms with E-state index in [2.05, 4.69) is 47.8 Å². The molecule has 1 saturated carbocycles. The average molecular weight is 464 g/mol. The largest absolute Gasteiger partial charge is 0.341 e. The minimum atomic E-state index is -0.0228. The Balaban J connectivity index is 1.40. The molecule has 1 aromatic heterocycles. The van der Waals surface area contributed by atoms with Crippen molar-refractivity contribution in [3.8, 4) is 0 Å². The van der Waals surface area contributed by atoms with Gasteiger partial charge < -0.3 is 10.2 Å². The van der Waals surface area contributed by atoms with Crippen molar-refractivity contribution in [1.82, 2.24) is 14.8 Å². The molecule has 0 spiro atoms. The van der Waals surface area contributed by atoms with Crippen molar-refractivity contribution < 1.29 is 4.79 Å². The number of benzene rings is 1. The molecule has 0 unspecified atom stereocenters. The fourth-order valence-electron chi connectivity index (χ4n) is 3.49. The number of hydrogen-bond acceptors (Lipinski definition) is 5. The Bertz CT molecular complexity index is 858. The van der Waals surface area contributed by atoms with Gasteiger partial charge in [0.1, 0.15) is 0 Å². The van der Waals surface area contributed by atoms with E-state index in [9.17, 15) is 4.79 Å². The van der Waals surface area contributed by atoms with Crippen LogP contribution in [0.25, 0.3) is 0 Å². The number of aryl methyl sites for hydroxylation is 1. The predicted molar refractivity (Wildman–Crippen MR) is 117 cm³/mol. The molecule has 2 fully saturated rings. The van der Waals surface area contributed by atoms with Gasteiger partial charge in [0, 0.05) is 29.3 Å². The minimum Gasteiger partial charge on any atom is -0.341 e. The quantitative estimate of drug-likeness (QED) is 0.631. The Labute approximate surface area is 178 Å². The van der Waals surface area contributed by atoms with Crippen LogP contribution in [0, 0.1) is 12.8 Å². The molecule has 28 heavy (non-hydrogen) atoms. The summed E-state index contributed by atoms with van der Waals surface area (Å²) in [6.07, 6.45) is 4.75. The van der Waals surface area contributed by atoms with E-state index < -0.39 is 0 Å². The van der Waals surface area contributed by atoms with E-state index in [1.165, 1.54) is 37.4 Å². The van der Waals surface area contributed by atoms with Gasteiger partial charge in [-0.15, -0.1) is 10.2 Å². The van der Waals surface area contributed by atoms with Crippen LogP contribution in [0.3, 0.4) is 0 Å². The summed E-state index contributed by atoms with van der Waals surface area (Å²) < 4.78 is 3.30. The van der Waals surface area contributed by atoms with Gasteiger partial charge in [-0.25, -0.2) is 0 Å². The highest BCUT2D eigenvalue weighted by Gasteiger charge is 2.32. The van der Waals surface area contributed by atoms with Crippen LogP contribution in [-0.4, -0.2) is 39.5 Å². The highest BCUT2D eigenvalue weighted by atomic mass is 79.9. The number of anilines is 2. The summed E-state index contributed by atoms with van der Waals surface area (Å²) in [6.45, 7) is 6.41. The number of halogens is 1. The van der Waals surface area contributed by atoms with E-state index in [1.807, 2.05) is 25.1 Å². The van der Waals surface area contributed by atoms with Crippen LogP contribution >= 0.6 is 27.7 Å². The zero-order chi connectivity index (χ0) is 19.7. The molecule has 1 aliphatic carbocycles. The summed E-state index contributed by atoms with van der Waals surface area (Å²) in [5, 5.41) is 12.7. The Morgan fingerprint density at radius 3 is 2.68 bits per heavy atom. The molecule has 4 rings (SSSR count). The number of carbonyl (C=O) groups is 1. The van der Waals surface area contributed by atoms with Crippen LogP contribution in [0.5, 0.6) is 0 Å². The Hall–Kier alpha value is -1.54. The molecule has 2 aliphatic rings. The van der Waals surface area contributed by atoms with Gasteiger partial charge in [0.2, 0.25) is 11.9 Å². The van der Waals surface area contributed by atoms with Gasteiger partial charge in [-0.05, 0) is 62.3 Å². The van der Waals surface area contributed by atoms with E-state index in [-0.39, 0.29) is 5.91 Å². The van der Waals surface area contributed by atoms with Gasteiger partial charge in [-0.3, -0.25) is 9.36 Å². The lowest BCUT2D eigenvalue weighted by Crippen LogP contribution is -2.34. The summed E-state index contributed by atoms with van der Waals surface area (Å²) in [7, 11) is 0. The van der Waals surface area contributed by atoms with Gasteiger partial charge in [0.15, 0.2) is 5.16 Å². The van der Waals surface area contributed by atoms with Crippen LogP contribution in [0.4, 0.5) is 11.6 Å². The molecule has 2 heterocycles. The smallest absolute Gasteiger partial charge is 0.234 e. The van der Waals surface area contributed by atoms with Crippen LogP contribution in [-0.2, 0) is 4.79 Å². The van der Waals surface area contributed by atoms with E-state index >= 15 is 0 Å². The summed E-state index contributed by atoms with van der Waals surface area (Å²) in [6, 6.07) is 6.31. The second-order valence-electron chi connectivity index (χ2n) is 7.85. The lowest BCUT2D eigenvalue weighted by Gasteiger charge is -2.31. The second kappa shape index (κ2) is 8.45. The first-order chi connectivity index (χ1) is 13.5. The van der Waals surface area contributed by atoms with Crippen molar-refractivity contribution in [2.45, 2.75) is 50.7 Å². The number of hydrogen-bond donors (Lipinski definition) is 1. The molecule has 1 aliphatic heterocycles. The molecule has 150 valence electrons. The Kier molecular flexibility index (Phi) is 5.96. The number of piperidine rings is 1. The Morgan fingerprint density at radius 1 is 1.25 bits per heavy atom. The number of rotatable bonds is 6. The third kappa shape index (κ3) is 4.54.